The van der Waals surface area contributed by atoms with Gasteiger partial charge in [0.05, 0.1) is 11.7 Å². The van der Waals surface area contributed by atoms with Gasteiger partial charge in [0.15, 0.2) is 0 Å². The van der Waals surface area contributed by atoms with Crippen LogP contribution in [0.15, 0.2) is 61.2 Å². The number of hydrogen-bond donors (Lipinski definition) is 0. The molecule has 1 atom stereocenters. The lowest BCUT2D eigenvalue weighted by Gasteiger charge is -2.20. The van der Waals surface area contributed by atoms with E-state index in [0.29, 0.717) is 13.0 Å². The van der Waals surface area contributed by atoms with E-state index >= 15 is 0 Å². The second-order valence-corrected chi connectivity index (χ2v) is 5.91. The fourth-order valence-corrected chi connectivity index (χ4v) is 2.58. The number of carbonyl (C=O) groups excluding carboxylic acids is 1. The van der Waals surface area contributed by atoms with Crippen molar-refractivity contribution in [3.05, 3.63) is 66.7 Å². The number of amides is 1. The molecule has 6 heteroatoms. The van der Waals surface area contributed by atoms with E-state index in [1.807, 2.05) is 72.1 Å². The van der Waals surface area contributed by atoms with Crippen molar-refractivity contribution in [1.82, 2.24) is 24.5 Å². The molecule has 0 aliphatic heterocycles. The van der Waals surface area contributed by atoms with Gasteiger partial charge in [0.25, 0.3) is 0 Å². The first-order chi connectivity index (χ1) is 11.6. The van der Waals surface area contributed by atoms with Crippen molar-refractivity contribution in [2.24, 2.45) is 0 Å². The highest BCUT2D eigenvalue weighted by molar-refractivity contribution is 5.76. The summed E-state index contributed by atoms with van der Waals surface area (Å²) < 4.78 is 3.62. The molecule has 0 spiro atoms. The minimum absolute atomic E-state index is 0.0529. The van der Waals surface area contributed by atoms with Gasteiger partial charge in [0.1, 0.15) is 0 Å². The predicted molar refractivity (Wildman–Crippen MR) is 91.6 cm³/mol. The monoisotopic (exact) mass is 323 g/mol. The molecule has 0 aliphatic rings. The Labute approximate surface area is 141 Å². The average Bonchev–Trinajstić information content (AvgIpc) is 3.29. The molecule has 3 aromatic rings. The number of nitrogens with zero attached hydrogens (tertiary/aromatic N) is 5. The molecule has 0 fully saturated rings. The smallest absolute Gasteiger partial charge is 0.224 e. The molecule has 124 valence electrons. The summed E-state index contributed by atoms with van der Waals surface area (Å²) in [4.78, 5) is 14.1. The fourth-order valence-electron chi connectivity index (χ4n) is 2.58. The average molecular weight is 323 g/mol. The normalized spacial score (nSPS) is 12.1. The molecule has 6 nitrogen and oxygen atoms in total. The van der Waals surface area contributed by atoms with E-state index in [9.17, 15) is 4.79 Å². The van der Waals surface area contributed by atoms with Crippen LogP contribution in [0.2, 0.25) is 0 Å². The summed E-state index contributed by atoms with van der Waals surface area (Å²) in [6.45, 7) is 2.58. The number of rotatable bonds is 6. The van der Waals surface area contributed by atoms with Gasteiger partial charge >= 0.3 is 0 Å². The summed E-state index contributed by atoms with van der Waals surface area (Å²) in [6, 6.07) is 11.9. The number of hydrogen-bond acceptors (Lipinski definition) is 3. The molecule has 0 radical (unpaired) electrons. The Morgan fingerprint density at radius 1 is 1.12 bits per heavy atom. The Bertz CT molecular complexity index is 762. The maximum atomic E-state index is 12.4. The summed E-state index contributed by atoms with van der Waals surface area (Å²) in [5.41, 5.74) is 2.10. The fraction of sp³-hybridized carbons (Fsp3) is 0.278. The third kappa shape index (κ3) is 3.71. The molecule has 2 aromatic heterocycles. The molecular formula is C18H21N5O. The maximum Gasteiger partial charge on any atom is 0.224 e. The zero-order valence-electron chi connectivity index (χ0n) is 13.9. The summed E-state index contributed by atoms with van der Waals surface area (Å²) in [5, 5.41) is 8.39. The summed E-state index contributed by atoms with van der Waals surface area (Å²) in [5.74, 6) is 0.106. The quantitative estimate of drug-likeness (QED) is 0.701. The predicted octanol–water partition coefficient (Wildman–Crippen LogP) is 2.68. The van der Waals surface area contributed by atoms with Crippen LogP contribution in [-0.4, -0.2) is 37.4 Å². The highest BCUT2D eigenvalue weighted by Gasteiger charge is 2.15. The van der Waals surface area contributed by atoms with Crippen LogP contribution in [0.4, 0.5) is 0 Å². The van der Waals surface area contributed by atoms with E-state index in [-0.39, 0.29) is 11.9 Å². The third-order valence-corrected chi connectivity index (χ3v) is 4.00. The minimum atomic E-state index is 0.0529. The lowest BCUT2D eigenvalue weighted by atomic mass is 10.1. The van der Waals surface area contributed by atoms with Crippen molar-refractivity contribution in [2.45, 2.75) is 25.9 Å². The van der Waals surface area contributed by atoms with Gasteiger partial charge < -0.3 is 4.90 Å². The molecular weight excluding hydrogens is 302 g/mol. The summed E-state index contributed by atoms with van der Waals surface area (Å²) in [6.07, 6.45) is 7.70. The molecule has 0 aliphatic carbocycles. The minimum Gasteiger partial charge on any atom is -0.341 e. The number of aromatic nitrogens is 4. The largest absolute Gasteiger partial charge is 0.341 e. The second kappa shape index (κ2) is 7.12. The first kappa shape index (κ1) is 16.0. The summed E-state index contributed by atoms with van der Waals surface area (Å²) >= 11 is 0. The van der Waals surface area contributed by atoms with Crippen molar-refractivity contribution in [3.63, 3.8) is 0 Å². The Morgan fingerprint density at radius 2 is 1.83 bits per heavy atom. The van der Waals surface area contributed by atoms with Crippen molar-refractivity contribution in [3.8, 4) is 5.69 Å². The molecule has 0 N–H and O–H groups in total. The van der Waals surface area contributed by atoms with Crippen molar-refractivity contribution >= 4 is 5.91 Å². The van der Waals surface area contributed by atoms with Crippen LogP contribution in [0.5, 0.6) is 0 Å². The Morgan fingerprint density at radius 3 is 2.46 bits per heavy atom. The Balaban J connectivity index is 1.57. The van der Waals surface area contributed by atoms with E-state index in [1.54, 1.807) is 17.3 Å². The number of carbonyl (C=O) groups is 1. The van der Waals surface area contributed by atoms with Crippen LogP contribution in [0, 0.1) is 0 Å². The zero-order valence-corrected chi connectivity index (χ0v) is 13.9. The molecule has 0 saturated heterocycles. The van der Waals surface area contributed by atoms with Gasteiger partial charge in [-0.15, -0.1) is 0 Å². The molecule has 1 amide bonds. The number of benzene rings is 1. The third-order valence-electron chi connectivity index (χ3n) is 4.00. The van der Waals surface area contributed by atoms with Gasteiger partial charge in [0.2, 0.25) is 5.91 Å². The van der Waals surface area contributed by atoms with E-state index in [4.69, 9.17) is 0 Å². The van der Waals surface area contributed by atoms with Crippen molar-refractivity contribution in [2.75, 3.05) is 7.05 Å². The SMILES string of the molecule is C[C@H](CC(=O)N(C)Cc1ccc(-n2cccn2)cc1)n1cccn1. The molecule has 1 aromatic carbocycles. The van der Waals surface area contributed by atoms with Crippen LogP contribution < -0.4 is 0 Å². The maximum absolute atomic E-state index is 12.4. The van der Waals surface area contributed by atoms with Crippen LogP contribution in [0.1, 0.15) is 24.9 Å². The van der Waals surface area contributed by atoms with Gasteiger partial charge in [-0.1, -0.05) is 12.1 Å². The molecule has 3 rings (SSSR count). The zero-order chi connectivity index (χ0) is 16.9. The van der Waals surface area contributed by atoms with Gasteiger partial charge in [0, 0.05) is 44.8 Å². The van der Waals surface area contributed by atoms with Crippen LogP contribution >= 0.6 is 0 Å². The molecule has 24 heavy (non-hydrogen) atoms. The van der Waals surface area contributed by atoms with Gasteiger partial charge in [-0.25, -0.2) is 4.68 Å². The standard InChI is InChI=1S/C18H21N5O/c1-15(22-11-3-9-19-22)13-18(24)21(2)14-16-5-7-17(8-6-16)23-12-4-10-20-23/h3-12,15H,13-14H2,1-2H3/t15-/m1/s1. The Kier molecular flexibility index (Phi) is 4.74. The molecule has 0 saturated carbocycles. The van der Waals surface area contributed by atoms with Crippen LogP contribution in [-0.2, 0) is 11.3 Å². The summed E-state index contributed by atoms with van der Waals surface area (Å²) in [7, 11) is 1.83. The van der Waals surface area contributed by atoms with Crippen LogP contribution in [0.25, 0.3) is 5.69 Å². The van der Waals surface area contributed by atoms with Gasteiger partial charge in [-0.3, -0.25) is 9.48 Å². The van der Waals surface area contributed by atoms with E-state index < -0.39 is 0 Å². The van der Waals surface area contributed by atoms with Crippen molar-refractivity contribution < 1.29 is 4.79 Å². The Hall–Kier alpha value is -2.89. The first-order valence-electron chi connectivity index (χ1n) is 7.95. The van der Waals surface area contributed by atoms with Crippen LogP contribution in [0.3, 0.4) is 0 Å². The van der Waals surface area contributed by atoms with Gasteiger partial charge in [-0.2, -0.15) is 10.2 Å². The highest BCUT2D eigenvalue weighted by Crippen LogP contribution is 2.14. The van der Waals surface area contributed by atoms with E-state index in [2.05, 4.69) is 10.2 Å². The molecule has 0 bridgehead atoms. The van der Waals surface area contributed by atoms with Crippen molar-refractivity contribution in [1.29, 1.82) is 0 Å². The van der Waals surface area contributed by atoms with E-state index in [1.165, 1.54) is 0 Å². The highest BCUT2D eigenvalue weighted by atomic mass is 16.2. The lowest BCUT2D eigenvalue weighted by Crippen LogP contribution is -2.28. The first-order valence-corrected chi connectivity index (χ1v) is 7.95. The molecule has 0 unspecified atom stereocenters. The topological polar surface area (TPSA) is 56.0 Å². The lowest BCUT2D eigenvalue weighted by molar-refractivity contribution is -0.131. The molecule has 2 heterocycles. The second-order valence-electron chi connectivity index (χ2n) is 5.91. The van der Waals surface area contributed by atoms with E-state index in [0.717, 1.165) is 11.3 Å². The van der Waals surface area contributed by atoms with Gasteiger partial charge in [-0.05, 0) is 36.8 Å².